The quantitative estimate of drug-likeness (QED) is 0.818. The topological polar surface area (TPSA) is 62.4 Å². The molecule has 1 aliphatic rings. The van der Waals surface area contributed by atoms with Crippen molar-refractivity contribution in [2.24, 2.45) is 0 Å². The van der Waals surface area contributed by atoms with Crippen molar-refractivity contribution in [3.63, 3.8) is 0 Å². The third-order valence-electron chi connectivity index (χ3n) is 3.32. The molecule has 0 radical (unpaired) electrons. The smallest absolute Gasteiger partial charge is 0.243 e. The van der Waals surface area contributed by atoms with Crippen LogP contribution in [0.3, 0.4) is 0 Å². The summed E-state index contributed by atoms with van der Waals surface area (Å²) in [6.45, 7) is 4.67. The Morgan fingerprint density at radius 1 is 1.47 bits per heavy atom. The minimum atomic E-state index is -0.269. The number of nitrogens with zero attached hydrogens (tertiary/aromatic N) is 3. The van der Waals surface area contributed by atoms with Gasteiger partial charge in [0.1, 0.15) is 0 Å². The van der Waals surface area contributed by atoms with Crippen LogP contribution in [0.4, 0.5) is 0 Å². The van der Waals surface area contributed by atoms with Crippen molar-refractivity contribution in [3.8, 4) is 0 Å². The van der Waals surface area contributed by atoms with E-state index in [2.05, 4.69) is 15.0 Å². The van der Waals surface area contributed by atoms with Crippen LogP contribution in [-0.2, 0) is 0 Å². The van der Waals surface area contributed by atoms with Crippen LogP contribution in [0.5, 0.6) is 0 Å². The minimum absolute atomic E-state index is 0.105. The van der Waals surface area contributed by atoms with E-state index in [-0.39, 0.29) is 12.1 Å². The molecule has 0 amide bonds. The second kappa shape index (κ2) is 5.14. The summed E-state index contributed by atoms with van der Waals surface area (Å²) in [5.74, 6) is 2.07. The minimum Gasteiger partial charge on any atom is -0.393 e. The molecule has 1 N–H and O–H groups in total. The van der Waals surface area contributed by atoms with Crippen molar-refractivity contribution in [1.82, 2.24) is 15.0 Å². The van der Waals surface area contributed by atoms with E-state index in [0.717, 1.165) is 18.8 Å². The second-order valence-electron chi connectivity index (χ2n) is 5.06. The lowest BCUT2D eigenvalue weighted by molar-refractivity contribution is 0.143. The number of hydrogen-bond acceptors (Lipinski definition) is 5. The predicted octanol–water partition coefficient (Wildman–Crippen LogP) is 1.71. The number of aromatic nitrogens is 2. The van der Waals surface area contributed by atoms with Crippen LogP contribution in [0.15, 0.2) is 4.52 Å². The number of aliphatic hydroxyl groups is 1. The lowest BCUT2D eigenvalue weighted by Crippen LogP contribution is -2.26. The summed E-state index contributed by atoms with van der Waals surface area (Å²) in [7, 11) is 2.01. The maximum absolute atomic E-state index is 9.26. The molecule has 2 rings (SSSR count). The van der Waals surface area contributed by atoms with Gasteiger partial charge in [0, 0.05) is 12.5 Å². The van der Waals surface area contributed by atoms with Crippen LogP contribution in [-0.4, -0.2) is 39.8 Å². The molecular weight excluding hydrogens is 218 g/mol. The Labute approximate surface area is 102 Å². The Morgan fingerprint density at radius 2 is 2.18 bits per heavy atom. The van der Waals surface area contributed by atoms with Gasteiger partial charge in [-0.05, 0) is 40.2 Å². The Hall–Kier alpha value is -0.940. The molecule has 5 heteroatoms. The average molecular weight is 239 g/mol. The van der Waals surface area contributed by atoms with Gasteiger partial charge in [-0.3, -0.25) is 4.90 Å². The zero-order valence-electron chi connectivity index (χ0n) is 10.8. The average Bonchev–Trinajstić information content (AvgIpc) is 3.03. The summed E-state index contributed by atoms with van der Waals surface area (Å²) in [5, 5.41) is 13.3. The van der Waals surface area contributed by atoms with Crippen LogP contribution < -0.4 is 0 Å². The van der Waals surface area contributed by atoms with Crippen molar-refractivity contribution in [2.45, 2.75) is 51.2 Å². The largest absolute Gasteiger partial charge is 0.393 e. The van der Waals surface area contributed by atoms with E-state index in [1.807, 2.05) is 14.0 Å². The second-order valence-corrected chi connectivity index (χ2v) is 5.06. The van der Waals surface area contributed by atoms with Crippen molar-refractivity contribution >= 4 is 0 Å². The Bertz CT molecular complexity index is 360. The lowest BCUT2D eigenvalue weighted by atomic mass is 10.2. The summed E-state index contributed by atoms with van der Waals surface area (Å²) in [6.07, 6.45) is 2.86. The highest BCUT2D eigenvalue weighted by molar-refractivity contribution is 5.04. The van der Waals surface area contributed by atoms with E-state index < -0.39 is 0 Å². The van der Waals surface area contributed by atoms with Gasteiger partial charge in [-0.1, -0.05) is 5.16 Å². The van der Waals surface area contributed by atoms with E-state index >= 15 is 0 Å². The van der Waals surface area contributed by atoms with Gasteiger partial charge in [-0.15, -0.1) is 0 Å². The highest BCUT2D eigenvalue weighted by Gasteiger charge is 2.30. The first-order valence-corrected chi connectivity index (χ1v) is 6.29. The fraction of sp³-hybridized carbons (Fsp3) is 0.833. The van der Waals surface area contributed by atoms with Gasteiger partial charge in [0.2, 0.25) is 5.89 Å². The molecule has 1 fully saturated rings. The molecule has 96 valence electrons. The SMILES string of the molecule is CC(O)CCN(C)C(C)c1nc(C2CC2)no1. The van der Waals surface area contributed by atoms with Crippen molar-refractivity contribution in [2.75, 3.05) is 13.6 Å². The molecular formula is C12H21N3O2. The zero-order valence-corrected chi connectivity index (χ0v) is 10.8. The summed E-state index contributed by atoms with van der Waals surface area (Å²) >= 11 is 0. The van der Waals surface area contributed by atoms with Gasteiger partial charge in [0.25, 0.3) is 0 Å². The molecule has 0 bridgehead atoms. The third kappa shape index (κ3) is 3.26. The summed E-state index contributed by atoms with van der Waals surface area (Å²) in [5.41, 5.74) is 0. The molecule has 1 heterocycles. The summed E-state index contributed by atoms with van der Waals surface area (Å²) in [4.78, 5) is 6.56. The maximum Gasteiger partial charge on any atom is 0.243 e. The first-order valence-electron chi connectivity index (χ1n) is 6.29. The van der Waals surface area contributed by atoms with Gasteiger partial charge >= 0.3 is 0 Å². The Kier molecular flexibility index (Phi) is 3.79. The number of rotatable bonds is 6. The highest BCUT2D eigenvalue weighted by Crippen LogP contribution is 2.38. The van der Waals surface area contributed by atoms with Crippen LogP contribution in [0.25, 0.3) is 0 Å². The third-order valence-corrected chi connectivity index (χ3v) is 3.32. The molecule has 0 saturated heterocycles. The fourth-order valence-corrected chi connectivity index (χ4v) is 1.70. The van der Waals surface area contributed by atoms with E-state index in [1.54, 1.807) is 6.92 Å². The van der Waals surface area contributed by atoms with Gasteiger partial charge in [-0.25, -0.2) is 0 Å². The first-order chi connectivity index (χ1) is 8.08. The molecule has 1 aliphatic carbocycles. The molecule has 1 aromatic heterocycles. The monoisotopic (exact) mass is 239 g/mol. The highest BCUT2D eigenvalue weighted by atomic mass is 16.5. The van der Waals surface area contributed by atoms with Crippen LogP contribution >= 0.6 is 0 Å². The zero-order chi connectivity index (χ0) is 12.4. The van der Waals surface area contributed by atoms with Crippen LogP contribution in [0, 0.1) is 0 Å². The van der Waals surface area contributed by atoms with E-state index in [1.165, 1.54) is 12.8 Å². The normalized spacial score (nSPS) is 19.6. The molecule has 2 unspecified atom stereocenters. The molecule has 17 heavy (non-hydrogen) atoms. The molecule has 0 aromatic carbocycles. The summed E-state index contributed by atoms with van der Waals surface area (Å²) < 4.78 is 5.29. The van der Waals surface area contributed by atoms with E-state index in [9.17, 15) is 5.11 Å². The van der Waals surface area contributed by atoms with Gasteiger partial charge in [-0.2, -0.15) is 4.98 Å². The maximum atomic E-state index is 9.26. The van der Waals surface area contributed by atoms with Gasteiger partial charge in [0.05, 0.1) is 12.1 Å². The van der Waals surface area contributed by atoms with Crippen molar-refractivity contribution < 1.29 is 9.63 Å². The lowest BCUT2D eigenvalue weighted by Gasteiger charge is -2.21. The van der Waals surface area contributed by atoms with Crippen molar-refractivity contribution in [3.05, 3.63) is 11.7 Å². The van der Waals surface area contributed by atoms with Crippen LogP contribution in [0.1, 0.15) is 56.8 Å². The molecule has 2 atom stereocenters. The van der Waals surface area contributed by atoms with E-state index in [4.69, 9.17) is 4.52 Å². The first kappa shape index (κ1) is 12.5. The van der Waals surface area contributed by atoms with Gasteiger partial charge < -0.3 is 9.63 Å². The van der Waals surface area contributed by atoms with Gasteiger partial charge in [0.15, 0.2) is 5.82 Å². The fourth-order valence-electron chi connectivity index (χ4n) is 1.70. The molecule has 0 spiro atoms. The molecule has 0 aliphatic heterocycles. The Balaban J connectivity index is 1.90. The number of hydrogen-bond donors (Lipinski definition) is 1. The molecule has 5 nitrogen and oxygen atoms in total. The number of aliphatic hydroxyl groups excluding tert-OH is 1. The molecule has 1 aromatic rings. The molecule has 1 saturated carbocycles. The van der Waals surface area contributed by atoms with Crippen molar-refractivity contribution in [1.29, 1.82) is 0 Å². The van der Waals surface area contributed by atoms with E-state index in [0.29, 0.717) is 11.8 Å². The standard InChI is InChI=1S/C12H21N3O2/c1-8(16)6-7-15(3)9(2)12-13-11(14-17-12)10-4-5-10/h8-10,16H,4-7H2,1-3H3. The summed E-state index contributed by atoms with van der Waals surface area (Å²) in [6, 6.07) is 0.105. The predicted molar refractivity (Wildman–Crippen MR) is 63.6 cm³/mol. The van der Waals surface area contributed by atoms with Crippen LogP contribution in [0.2, 0.25) is 0 Å². The Morgan fingerprint density at radius 3 is 2.76 bits per heavy atom.